The lowest BCUT2D eigenvalue weighted by atomic mass is 10.0. The van der Waals surface area contributed by atoms with Crippen molar-refractivity contribution in [2.75, 3.05) is 11.9 Å². The molecular formula is C16H15F2N3O3. The Labute approximate surface area is 136 Å². The molecule has 0 bridgehead atoms. The predicted octanol–water partition coefficient (Wildman–Crippen LogP) is 3.52. The number of anilines is 1. The van der Waals surface area contributed by atoms with Gasteiger partial charge in [0.25, 0.3) is 5.69 Å². The van der Waals surface area contributed by atoms with Crippen molar-refractivity contribution in [1.82, 2.24) is 4.98 Å². The molecular weight excluding hydrogens is 320 g/mol. The fourth-order valence-corrected chi connectivity index (χ4v) is 2.77. The Balaban J connectivity index is 1.80. The smallest absolute Gasteiger partial charge is 0.290 e. The van der Waals surface area contributed by atoms with Gasteiger partial charge in [0.15, 0.2) is 11.6 Å². The highest BCUT2D eigenvalue weighted by molar-refractivity contribution is 5.46. The molecule has 24 heavy (non-hydrogen) atoms. The molecule has 1 aliphatic rings. The van der Waals surface area contributed by atoms with Crippen LogP contribution < -0.4 is 5.32 Å². The summed E-state index contributed by atoms with van der Waals surface area (Å²) in [5.41, 5.74) is 0.774. The summed E-state index contributed by atoms with van der Waals surface area (Å²) in [4.78, 5) is 14.5. The van der Waals surface area contributed by atoms with E-state index >= 15 is 0 Å². The first-order chi connectivity index (χ1) is 11.5. The van der Waals surface area contributed by atoms with Gasteiger partial charge in [0.2, 0.25) is 0 Å². The monoisotopic (exact) mass is 335 g/mol. The largest absolute Gasteiger partial charge is 0.371 e. The second kappa shape index (κ2) is 6.48. The minimum absolute atomic E-state index is 0.0552. The van der Waals surface area contributed by atoms with E-state index in [2.05, 4.69) is 10.3 Å². The van der Waals surface area contributed by atoms with Gasteiger partial charge in [-0.15, -0.1) is 0 Å². The highest BCUT2D eigenvalue weighted by Gasteiger charge is 2.30. The van der Waals surface area contributed by atoms with Crippen LogP contribution in [0.3, 0.4) is 0 Å². The Morgan fingerprint density at radius 2 is 2.08 bits per heavy atom. The van der Waals surface area contributed by atoms with Crippen LogP contribution in [-0.4, -0.2) is 22.6 Å². The number of pyridine rings is 1. The van der Waals surface area contributed by atoms with Crippen LogP contribution >= 0.6 is 0 Å². The number of hydrogen-bond donors (Lipinski definition) is 1. The molecule has 1 N–H and O–H groups in total. The number of nitro groups is 1. The standard InChI is InChI=1S/C16H15F2N3O3/c1-9-14(21(22)23)4-5-15(19-9)20-13-6-7-24-16(13)10-2-3-11(17)12(18)8-10/h2-5,8,13,16H,6-7H2,1H3,(H,19,20). The number of hydrogen-bond acceptors (Lipinski definition) is 5. The Morgan fingerprint density at radius 1 is 1.29 bits per heavy atom. The highest BCUT2D eigenvalue weighted by atomic mass is 19.2. The molecule has 1 fully saturated rings. The minimum atomic E-state index is -0.925. The third kappa shape index (κ3) is 3.18. The van der Waals surface area contributed by atoms with Crippen molar-refractivity contribution in [3.05, 3.63) is 63.3 Å². The molecule has 1 aromatic heterocycles. The Bertz CT molecular complexity index is 785. The lowest BCUT2D eigenvalue weighted by Crippen LogP contribution is -2.24. The van der Waals surface area contributed by atoms with Gasteiger partial charge < -0.3 is 10.1 Å². The molecule has 2 aromatic rings. The second-order valence-corrected chi connectivity index (χ2v) is 5.56. The van der Waals surface area contributed by atoms with E-state index in [1.807, 2.05) is 0 Å². The average molecular weight is 335 g/mol. The summed E-state index contributed by atoms with van der Waals surface area (Å²) in [5.74, 6) is -1.36. The summed E-state index contributed by atoms with van der Waals surface area (Å²) in [7, 11) is 0. The SMILES string of the molecule is Cc1nc(NC2CCOC2c2ccc(F)c(F)c2)ccc1[N+](=O)[O-]. The summed E-state index contributed by atoms with van der Waals surface area (Å²) < 4.78 is 32.1. The third-order valence-corrected chi connectivity index (χ3v) is 3.95. The molecule has 6 nitrogen and oxygen atoms in total. The molecule has 0 amide bonds. The summed E-state index contributed by atoms with van der Waals surface area (Å²) >= 11 is 0. The zero-order valence-electron chi connectivity index (χ0n) is 12.8. The van der Waals surface area contributed by atoms with Crippen molar-refractivity contribution >= 4 is 11.5 Å². The van der Waals surface area contributed by atoms with E-state index in [4.69, 9.17) is 4.74 Å². The molecule has 2 unspecified atom stereocenters. The van der Waals surface area contributed by atoms with Gasteiger partial charge in [-0.1, -0.05) is 6.07 Å². The number of halogens is 2. The quantitative estimate of drug-likeness (QED) is 0.683. The maximum Gasteiger partial charge on any atom is 0.290 e. The summed E-state index contributed by atoms with van der Waals surface area (Å²) in [5, 5.41) is 14.0. The van der Waals surface area contributed by atoms with E-state index in [-0.39, 0.29) is 11.7 Å². The Kier molecular flexibility index (Phi) is 4.39. The van der Waals surface area contributed by atoms with Crippen LogP contribution in [0, 0.1) is 28.7 Å². The number of nitrogens with one attached hydrogen (secondary N) is 1. The number of aryl methyl sites for hydroxylation is 1. The molecule has 1 aromatic carbocycles. The van der Waals surface area contributed by atoms with Gasteiger partial charge in [0.1, 0.15) is 17.6 Å². The van der Waals surface area contributed by atoms with Gasteiger partial charge in [-0.2, -0.15) is 0 Å². The van der Waals surface area contributed by atoms with E-state index < -0.39 is 22.7 Å². The van der Waals surface area contributed by atoms with E-state index in [1.54, 1.807) is 6.92 Å². The first-order valence-electron chi connectivity index (χ1n) is 7.41. The maximum atomic E-state index is 13.4. The topological polar surface area (TPSA) is 77.3 Å². The molecule has 0 spiro atoms. The zero-order valence-corrected chi connectivity index (χ0v) is 12.8. The first kappa shape index (κ1) is 16.3. The van der Waals surface area contributed by atoms with Crippen molar-refractivity contribution < 1.29 is 18.4 Å². The van der Waals surface area contributed by atoms with Gasteiger partial charge in [-0.25, -0.2) is 13.8 Å². The fourth-order valence-electron chi connectivity index (χ4n) is 2.77. The van der Waals surface area contributed by atoms with Gasteiger partial charge in [-0.3, -0.25) is 10.1 Å². The molecule has 126 valence electrons. The Hall–Kier alpha value is -2.61. The normalized spacial score (nSPS) is 20.1. The molecule has 0 radical (unpaired) electrons. The molecule has 2 atom stereocenters. The second-order valence-electron chi connectivity index (χ2n) is 5.56. The van der Waals surface area contributed by atoms with Crippen LogP contribution in [0.5, 0.6) is 0 Å². The van der Waals surface area contributed by atoms with Crippen LogP contribution in [0.25, 0.3) is 0 Å². The van der Waals surface area contributed by atoms with E-state index in [9.17, 15) is 18.9 Å². The predicted molar refractivity (Wildman–Crippen MR) is 82.7 cm³/mol. The average Bonchev–Trinajstić information content (AvgIpc) is 2.98. The number of ether oxygens (including phenoxy) is 1. The van der Waals surface area contributed by atoms with Crippen molar-refractivity contribution in [2.45, 2.75) is 25.5 Å². The van der Waals surface area contributed by atoms with Crippen molar-refractivity contribution in [2.24, 2.45) is 0 Å². The molecule has 0 saturated carbocycles. The molecule has 0 aliphatic carbocycles. The lowest BCUT2D eigenvalue weighted by Gasteiger charge is -2.21. The number of benzene rings is 1. The van der Waals surface area contributed by atoms with Crippen LogP contribution in [0.1, 0.15) is 23.8 Å². The minimum Gasteiger partial charge on any atom is -0.371 e. The first-order valence-corrected chi connectivity index (χ1v) is 7.41. The van der Waals surface area contributed by atoms with Gasteiger partial charge in [0, 0.05) is 12.7 Å². The molecule has 2 heterocycles. The van der Waals surface area contributed by atoms with E-state index in [0.717, 1.165) is 12.1 Å². The highest BCUT2D eigenvalue weighted by Crippen LogP contribution is 2.32. The lowest BCUT2D eigenvalue weighted by molar-refractivity contribution is -0.385. The van der Waals surface area contributed by atoms with Gasteiger partial charge in [0.05, 0.1) is 11.0 Å². The maximum absolute atomic E-state index is 13.4. The summed E-state index contributed by atoms with van der Waals surface area (Å²) in [6, 6.07) is 6.38. The van der Waals surface area contributed by atoms with Crippen molar-refractivity contribution in [1.29, 1.82) is 0 Å². The summed E-state index contributed by atoms with van der Waals surface area (Å²) in [6.45, 7) is 2.02. The summed E-state index contributed by atoms with van der Waals surface area (Å²) in [6.07, 6.45) is 0.207. The number of aromatic nitrogens is 1. The van der Waals surface area contributed by atoms with Crippen LogP contribution in [-0.2, 0) is 4.74 Å². The molecule has 8 heteroatoms. The van der Waals surface area contributed by atoms with Crippen LogP contribution in [0.15, 0.2) is 30.3 Å². The zero-order chi connectivity index (χ0) is 17.3. The molecule has 1 saturated heterocycles. The van der Waals surface area contributed by atoms with E-state index in [1.165, 1.54) is 18.2 Å². The Morgan fingerprint density at radius 3 is 2.75 bits per heavy atom. The van der Waals surface area contributed by atoms with E-state index in [0.29, 0.717) is 30.1 Å². The third-order valence-electron chi connectivity index (χ3n) is 3.95. The van der Waals surface area contributed by atoms with Crippen LogP contribution in [0.4, 0.5) is 20.3 Å². The van der Waals surface area contributed by atoms with Crippen molar-refractivity contribution in [3.63, 3.8) is 0 Å². The molecule has 3 rings (SSSR count). The fraction of sp³-hybridized carbons (Fsp3) is 0.312. The number of rotatable bonds is 4. The van der Waals surface area contributed by atoms with Gasteiger partial charge in [-0.05, 0) is 37.1 Å². The molecule has 1 aliphatic heterocycles. The van der Waals surface area contributed by atoms with Crippen LogP contribution in [0.2, 0.25) is 0 Å². The number of nitrogens with zero attached hydrogens (tertiary/aromatic N) is 2. The van der Waals surface area contributed by atoms with Gasteiger partial charge >= 0.3 is 0 Å². The van der Waals surface area contributed by atoms with Crippen molar-refractivity contribution in [3.8, 4) is 0 Å².